The highest BCUT2D eigenvalue weighted by Gasteiger charge is 2.44. The lowest BCUT2D eigenvalue weighted by atomic mass is 10.1. The fourth-order valence-corrected chi connectivity index (χ4v) is 3.99. The van der Waals surface area contributed by atoms with Gasteiger partial charge in [0, 0.05) is 16.7 Å². The molecule has 0 bridgehead atoms. The molecule has 92 valence electrons. The topological polar surface area (TPSA) is 12.0 Å². The quantitative estimate of drug-likeness (QED) is 0.876. The predicted octanol–water partition coefficient (Wildman–Crippen LogP) is 3.34. The number of benzene rings is 1. The summed E-state index contributed by atoms with van der Waals surface area (Å²) in [4.78, 5) is 1.49. The number of hydrogen-bond donors (Lipinski definition) is 1. The highest BCUT2D eigenvalue weighted by Crippen LogP contribution is 2.51. The standard InChI is InChI=1S/C15H21NS/c1-15(2)8-12(15)9-16-10-13-7-11-5-3-4-6-14(11)17-13/h3-6,12-13,16H,7-10H2,1-2H3. The van der Waals surface area contributed by atoms with E-state index in [0.29, 0.717) is 5.41 Å². The van der Waals surface area contributed by atoms with Crippen LogP contribution in [0.15, 0.2) is 29.2 Å². The van der Waals surface area contributed by atoms with E-state index in [0.717, 1.165) is 17.7 Å². The summed E-state index contributed by atoms with van der Waals surface area (Å²) in [7, 11) is 0. The van der Waals surface area contributed by atoms with Crippen LogP contribution in [-0.2, 0) is 6.42 Å². The van der Waals surface area contributed by atoms with Gasteiger partial charge in [-0.15, -0.1) is 11.8 Å². The molecule has 0 spiro atoms. The van der Waals surface area contributed by atoms with Gasteiger partial charge < -0.3 is 5.32 Å². The van der Waals surface area contributed by atoms with Gasteiger partial charge in [-0.2, -0.15) is 0 Å². The van der Waals surface area contributed by atoms with Crippen molar-refractivity contribution in [3.63, 3.8) is 0 Å². The van der Waals surface area contributed by atoms with E-state index in [9.17, 15) is 0 Å². The Balaban J connectivity index is 1.44. The molecule has 1 saturated carbocycles. The molecule has 2 atom stereocenters. The summed E-state index contributed by atoms with van der Waals surface area (Å²) in [6.45, 7) is 7.12. The van der Waals surface area contributed by atoms with E-state index < -0.39 is 0 Å². The highest BCUT2D eigenvalue weighted by molar-refractivity contribution is 8.00. The van der Waals surface area contributed by atoms with Crippen LogP contribution in [0.5, 0.6) is 0 Å². The molecule has 2 aliphatic rings. The first kappa shape index (κ1) is 11.6. The maximum atomic E-state index is 3.66. The molecule has 17 heavy (non-hydrogen) atoms. The van der Waals surface area contributed by atoms with Crippen LogP contribution in [0.3, 0.4) is 0 Å². The summed E-state index contributed by atoms with van der Waals surface area (Å²) in [5.74, 6) is 0.913. The molecule has 0 amide bonds. The molecule has 0 radical (unpaired) electrons. The summed E-state index contributed by atoms with van der Waals surface area (Å²) < 4.78 is 0. The first-order valence-corrected chi connectivity index (χ1v) is 7.48. The zero-order valence-corrected chi connectivity index (χ0v) is 11.5. The lowest BCUT2D eigenvalue weighted by molar-refractivity contribution is 0.518. The zero-order valence-electron chi connectivity index (χ0n) is 10.7. The molecule has 2 unspecified atom stereocenters. The van der Waals surface area contributed by atoms with Gasteiger partial charge in [0.1, 0.15) is 0 Å². The third-order valence-electron chi connectivity index (χ3n) is 4.19. The van der Waals surface area contributed by atoms with E-state index in [1.165, 1.54) is 29.8 Å². The second kappa shape index (κ2) is 4.33. The lowest BCUT2D eigenvalue weighted by Crippen LogP contribution is -2.27. The van der Waals surface area contributed by atoms with Gasteiger partial charge in [-0.1, -0.05) is 32.0 Å². The average Bonchev–Trinajstić information content (AvgIpc) is 2.74. The molecule has 1 fully saturated rings. The van der Waals surface area contributed by atoms with E-state index in [-0.39, 0.29) is 0 Å². The molecule has 1 aromatic carbocycles. The van der Waals surface area contributed by atoms with Crippen LogP contribution in [0, 0.1) is 11.3 Å². The van der Waals surface area contributed by atoms with E-state index >= 15 is 0 Å². The Hall–Kier alpha value is -0.470. The van der Waals surface area contributed by atoms with Gasteiger partial charge in [0.2, 0.25) is 0 Å². The summed E-state index contributed by atoms with van der Waals surface area (Å²) in [6.07, 6.45) is 2.64. The van der Waals surface area contributed by atoms with E-state index in [4.69, 9.17) is 0 Å². The Morgan fingerprint density at radius 1 is 1.29 bits per heavy atom. The fraction of sp³-hybridized carbons (Fsp3) is 0.600. The monoisotopic (exact) mass is 247 g/mol. The Morgan fingerprint density at radius 3 is 2.76 bits per heavy atom. The number of hydrogen-bond acceptors (Lipinski definition) is 2. The van der Waals surface area contributed by atoms with Crippen molar-refractivity contribution in [3.05, 3.63) is 29.8 Å². The molecule has 2 heteroatoms. The van der Waals surface area contributed by atoms with Gasteiger partial charge in [0.15, 0.2) is 0 Å². The van der Waals surface area contributed by atoms with Crippen LogP contribution >= 0.6 is 11.8 Å². The first-order valence-electron chi connectivity index (χ1n) is 6.60. The first-order chi connectivity index (χ1) is 8.15. The lowest BCUT2D eigenvalue weighted by Gasteiger charge is -2.10. The minimum Gasteiger partial charge on any atom is -0.315 e. The zero-order chi connectivity index (χ0) is 11.9. The Morgan fingerprint density at radius 2 is 2.06 bits per heavy atom. The third kappa shape index (κ3) is 2.53. The molecule has 1 aromatic rings. The minimum atomic E-state index is 0.610. The van der Waals surface area contributed by atoms with Crippen LogP contribution < -0.4 is 5.32 Å². The average molecular weight is 247 g/mol. The van der Waals surface area contributed by atoms with Gasteiger partial charge in [-0.3, -0.25) is 0 Å². The summed E-state index contributed by atoms with van der Waals surface area (Å²) in [6, 6.07) is 8.83. The molecule has 0 aromatic heterocycles. The fourth-order valence-electron chi connectivity index (χ4n) is 2.71. The summed E-state index contributed by atoms with van der Waals surface area (Å²) >= 11 is 2.05. The Kier molecular flexibility index (Phi) is 2.95. The maximum absolute atomic E-state index is 3.66. The SMILES string of the molecule is CC1(C)CC1CNCC1Cc2ccccc2S1. The van der Waals surface area contributed by atoms with Crippen LogP contribution in [0.4, 0.5) is 0 Å². The van der Waals surface area contributed by atoms with Gasteiger partial charge in [-0.05, 0) is 42.3 Å². The molecule has 0 saturated heterocycles. The van der Waals surface area contributed by atoms with Crippen molar-refractivity contribution < 1.29 is 0 Å². The van der Waals surface area contributed by atoms with Crippen LogP contribution in [0.2, 0.25) is 0 Å². The smallest absolute Gasteiger partial charge is 0.0260 e. The third-order valence-corrected chi connectivity index (χ3v) is 5.51. The molecular formula is C15H21NS. The van der Waals surface area contributed by atoms with Gasteiger partial charge in [0.05, 0.1) is 0 Å². The van der Waals surface area contributed by atoms with Crippen molar-refractivity contribution in [2.24, 2.45) is 11.3 Å². The Bertz CT molecular complexity index is 388. The van der Waals surface area contributed by atoms with Crippen molar-refractivity contribution >= 4 is 11.8 Å². The number of thioether (sulfide) groups is 1. The van der Waals surface area contributed by atoms with E-state index in [1.54, 1.807) is 0 Å². The largest absolute Gasteiger partial charge is 0.315 e. The Labute approximate surface area is 108 Å². The molecule has 1 N–H and O–H groups in total. The van der Waals surface area contributed by atoms with Crippen LogP contribution in [0.1, 0.15) is 25.8 Å². The van der Waals surface area contributed by atoms with Crippen molar-refractivity contribution in [1.29, 1.82) is 0 Å². The van der Waals surface area contributed by atoms with Crippen molar-refractivity contribution in [1.82, 2.24) is 5.32 Å². The van der Waals surface area contributed by atoms with Gasteiger partial charge >= 0.3 is 0 Å². The second-order valence-corrected chi connectivity index (χ2v) is 7.44. The van der Waals surface area contributed by atoms with Crippen LogP contribution in [0.25, 0.3) is 0 Å². The predicted molar refractivity (Wildman–Crippen MR) is 74.5 cm³/mol. The molecule has 1 heterocycles. The van der Waals surface area contributed by atoms with Gasteiger partial charge in [-0.25, -0.2) is 0 Å². The van der Waals surface area contributed by atoms with Crippen molar-refractivity contribution in [2.75, 3.05) is 13.1 Å². The molecule has 1 nitrogen and oxygen atoms in total. The molecular weight excluding hydrogens is 226 g/mol. The molecule has 1 aliphatic carbocycles. The van der Waals surface area contributed by atoms with Crippen LogP contribution in [-0.4, -0.2) is 18.3 Å². The normalized spacial score (nSPS) is 29.1. The van der Waals surface area contributed by atoms with Crippen molar-refractivity contribution in [2.45, 2.75) is 36.8 Å². The maximum Gasteiger partial charge on any atom is 0.0260 e. The minimum absolute atomic E-state index is 0.610. The molecule has 1 aliphatic heterocycles. The van der Waals surface area contributed by atoms with E-state index in [1.807, 2.05) is 11.8 Å². The summed E-state index contributed by atoms with van der Waals surface area (Å²) in [5.41, 5.74) is 2.15. The highest BCUT2D eigenvalue weighted by atomic mass is 32.2. The van der Waals surface area contributed by atoms with E-state index in [2.05, 4.69) is 43.4 Å². The number of fused-ring (bicyclic) bond motifs is 1. The second-order valence-electron chi connectivity index (χ2n) is 6.10. The number of rotatable bonds is 4. The molecule has 3 rings (SSSR count). The summed E-state index contributed by atoms with van der Waals surface area (Å²) in [5, 5.41) is 4.40. The van der Waals surface area contributed by atoms with Crippen molar-refractivity contribution in [3.8, 4) is 0 Å². The van der Waals surface area contributed by atoms with Gasteiger partial charge in [0.25, 0.3) is 0 Å². The number of nitrogens with one attached hydrogen (secondary N) is 1.